The van der Waals surface area contributed by atoms with Crippen molar-refractivity contribution in [2.75, 3.05) is 0 Å². The van der Waals surface area contributed by atoms with E-state index in [4.69, 9.17) is 0 Å². The van der Waals surface area contributed by atoms with E-state index in [-0.39, 0.29) is 0 Å². The van der Waals surface area contributed by atoms with Gasteiger partial charge in [0.05, 0.1) is 0 Å². The van der Waals surface area contributed by atoms with Crippen molar-refractivity contribution < 1.29 is 0 Å². The molecule has 78 valence electrons. The first kappa shape index (κ1) is 10.8. The molecule has 0 bridgehead atoms. The molecule has 0 N–H and O–H groups in total. The third kappa shape index (κ3) is 2.11. The lowest BCUT2D eigenvalue weighted by molar-refractivity contribution is 1.07. The lowest BCUT2D eigenvalue weighted by Crippen LogP contribution is -1.88. The van der Waals surface area contributed by atoms with Crippen molar-refractivity contribution in [3.05, 3.63) is 32.7 Å². The summed E-state index contributed by atoms with van der Waals surface area (Å²) >= 11 is 4.90. The van der Waals surface area contributed by atoms with Gasteiger partial charge in [-0.25, -0.2) is 0 Å². The molecule has 0 fully saturated rings. The van der Waals surface area contributed by atoms with Crippen LogP contribution in [0, 0.1) is 20.8 Å². The Bertz CT molecular complexity index is 505. The molecular weight excluding hydrogens is 272 g/mol. The number of halogens is 1. The third-order valence-electron chi connectivity index (χ3n) is 2.47. The maximum atomic E-state index is 4.14. The second kappa shape index (κ2) is 4.02. The van der Waals surface area contributed by atoms with Gasteiger partial charge in [0.15, 0.2) is 3.92 Å². The molecule has 0 atom stereocenters. The molecule has 0 aliphatic carbocycles. The molecule has 0 unspecified atom stereocenters. The Hall–Kier alpha value is -0.740. The number of rotatable bonds is 1. The van der Waals surface area contributed by atoms with Crippen molar-refractivity contribution in [2.24, 2.45) is 0 Å². The maximum absolute atomic E-state index is 4.14. The van der Waals surface area contributed by atoms with Crippen LogP contribution < -0.4 is 0 Å². The van der Waals surface area contributed by atoms with Gasteiger partial charge in [-0.05, 0) is 59.5 Å². The SMILES string of the molecule is Cc1cc(C)c(-c2nnc(Br)s2)cc1C. The highest BCUT2D eigenvalue weighted by molar-refractivity contribution is 9.11. The largest absolute Gasteiger partial charge is 0.183 e. The molecule has 0 amide bonds. The lowest BCUT2D eigenvalue weighted by atomic mass is 10.0. The van der Waals surface area contributed by atoms with Crippen LogP contribution in [0.2, 0.25) is 0 Å². The standard InChI is InChI=1S/C11H11BrN2S/c1-6-4-8(3)9(5-7(6)2)10-13-14-11(12)15-10/h4-5H,1-3H3. The first-order valence-corrected chi connectivity index (χ1v) is 6.26. The highest BCUT2D eigenvalue weighted by Gasteiger charge is 2.09. The summed E-state index contributed by atoms with van der Waals surface area (Å²) in [5, 5.41) is 9.09. The highest BCUT2D eigenvalue weighted by atomic mass is 79.9. The normalized spacial score (nSPS) is 10.7. The zero-order chi connectivity index (χ0) is 11.0. The van der Waals surface area contributed by atoms with Gasteiger partial charge >= 0.3 is 0 Å². The van der Waals surface area contributed by atoms with E-state index in [0.29, 0.717) is 0 Å². The van der Waals surface area contributed by atoms with Crippen molar-refractivity contribution in [1.82, 2.24) is 10.2 Å². The summed E-state index contributed by atoms with van der Waals surface area (Å²) in [6.45, 7) is 6.35. The minimum Gasteiger partial charge on any atom is -0.137 e. The average Bonchev–Trinajstić information content (AvgIpc) is 2.58. The van der Waals surface area contributed by atoms with Crippen LogP contribution in [-0.4, -0.2) is 10.2 Å². The van der Waals surface area contributed by atoms with Gasteiger partial charge in [0.25, 0.3) is 0 Å². The number of aryl methyl sites for hydroxylation is 3. The number of nitrogens with zero attached hydrogens (tertiary/aromatic N) is 2. The molecule has 1 aromatic carbocycles. The van der Waals surface area contributed by atoms with Crippen LogP contribution in [-0.2, 0) is 0 Å². The lowest BCUT2D eigenvalue weighted by Gasteiger charge is -2.06. The summed E-state index contributed by atoms with van der Waals surface area (Å²) in [4.78, 5) is 0. The van der Waals surface area contributed by atoms with E-state index in [0.717, 1.165) is 8.92 Å². The Kier molecular flexibility index (Phi) is 2.89. The van der Waals surface area contributed by atoms with Crippen molar-refractivity contribution >= 4 is 27.3 Å². The molecule has 1 heterocycles. The minimum atomic E-state index is 0.829. The van der Waals surface area contributed by atoms with E-state index >= 15 is 0 Å². The van der Waals surface area contributed by atoms with E-state index in [2.05, 4.69) is 59.0 Å². The summed E-state index contributed by atoms with van der Waals surface area (Å²) in [6.07, 6.45) is 0. The highest BCUT2D eigenvalue weighted by Crippen LogP contribution is 2.30. The summed E-state index contributed by atoms with van der Waals surface area (Å²) in [5.74, 6) is 0. The van der Waals surface area contributed by atoms with Crippen LogP contribution in [0.15, 0.2) is 16.0 Å². The summed E-state index contributed by atoms with van der Waals surface area (Å²) < 4.78 is 0.829. The van der Waals surface area contributed by atoms with Gasteiger partial charge in [0.1, 0.15) is 5.01 Å². The Morgan fingerprint density at radius 1 is 1.00 bits per heavy atom. The van der Waals surface area contributed by atoms with Gasteiger partial charge in [-0.15, -0.1) is 10.2 Å². The molecule has 2 nitrogen and oxygen atoms in total. The van der Waals surface area contributed by atoms with Gasteiger partial charge in [0, 0.05) is 5.56 Å². The van der Waals surface area contributed by atoms with Gasteiger partial charge < -0.3 is 0 Å². The second-order valence-electron chi connectivity index (χ2n) is 3.61. The summed E-state index contributed by atoms with van der Waals surface area (Å²) in [6, 6.07) is 4.37. The van der Waals surface area contributed by atoms with Crippen LogP contribution in [0.5, 0.6) is 0 Å². The Balaban J connectivity index is 2.58. The first-order chi connectivity index (χ1) is 7.08. The predicted molar refractivity (Wildman–Crippen MR) is 67.3 cm³/mol. The zero-order valence-corrected chi connectivity index (χ0v) is 11.2. The average molecular weight is 283 g/mol. The molecular formula is C11H11BrN2S. The smallest absolute Gasteiger partial charge is 0.137 e. The van der Waals surface area contributed by atoms with E-state index in [1.807, 2.05) is 0 Å². The molecule has 0 saturated carbocycles. The fourth-order valence-corrected chi connectivity index (χ4v) is 2.70. The monoisotopic (exact) mass is 282 g/mol. The van der Waals surface area contributed by atoms with Crippen LogP contribution in [0.3, 0.4) is 0 Å². The Morgan fingerprint density at radius 3 is 2.27 bits per heavy atom. The summed E-state index contributed by atoms with van der Waals surface area (Å²) in [5.41, 5.74) is 5.05. The molecule has 2 aromatic rings. The van der Waals surface area contributed by atoms with Crippen molar-refractivity contribution in [2.45, 2.75) is 20.8 Å². The number of hydrogen-bond donors (Lipinski definition) is 0. The minimum absolute atomic E-state index is 0.829. The zero-order valence-electron chi connectivity index (χ0n) is 8.84. The molecule has 0 radical (unpaired) electrons. The van der Waals surface area contributed by atoms with Gasteiger partial charge in [-0.2, -0.15) is 0 Å². The van der Waals surface area contributed by atoms with Gasteiger partial charge in [-0.1, -0.05) is 17.4 Å². The van der Waals surface area contributed by atoms with Crippen molar-refractivity contribution in [3.8, 4) is 10.6 Å². The quantitative estimate of drug-likeness (QED) is 0.793. The van der Waals surface area contributed by atoms with Crippen LogP contribution in [0.25, 0.3) is 10.6 Å². The maximum Gasteiger partial charge on any atom is 0.183 e. The third-order valence-corrected chi connectivity index (χ3v) is 3.86. The predicted octanol–water partition coefficient (Wildman–Crippen LogP) is 3.89. The van der Waals surface area contributed by atoms with E-state index in [1.54, 1.807) is 11.3 Å². The fraction of sp³-hybridized carbons (Fsp3) is 0.273. The second-order valence-corrected chi connectivity index (χ2v) is 5.87. The van der Waals surface area contributed by atoms with E-state index in [1.165, 1.54) is 22.3 Å². The molecule has 1 aromatic heterocycles. The Morgan fingerprint density at radius 2 is 1.67 bits per heavy atom. The van der Waals surface area contributed by atoms with E-state index < -0.39 is 0 Å². The molecule has 2 rings (SSSR count). The topological polar surface area (TPSA) is 25.8 Å². The molecule has 15 heavy (non-hydrogen) atoms. The van der Waals surface area contributed by atoms with Gasteiger partial charge in [0.2, 0.25) is 0 Å². The number of benzene rings is 1. The molecule has 0 aliphatic rings. The van der Waals surface area contributed by atoms with Gasteiger partial charge in [-0.3, -0.25) is 0 Å². The van der Waals surface area contributed by atoms with Crippen molar-refractivity contribution in [1.29, 1.82) is 0 Å². The first-order valence-electron chi connectivity index (χ1n) is 4.65. The molecule has 0 aliphatic heterocycles. The van der Waals surface area contributed by atoms with Crippen LogP contribution in [0.4, 0.5) is 0 Å². The molecule has 0 spiro atoms. The number of aromatic nitrogens is 2. The fourth-order valence-electron chi connectivity index (χ4n) is 1.51. The van der Waals surface area contributed by atoms with Crippen molar-refractivity contribution in [3.63, 3.8) is 0 Å². The van der Waals surface area contributed by atoms with Crippen LogP contribution >= 0.6 is 27.3 Å². The summed E-state index contributed by atoms with van der Waals surface area (Å²) in [7, 11) is 0. The number of hydrogen-bond acceptors (Lipinski definition) is 3. The Labute approximate surface area is 101 Å². The van der Waals surface area contributed by atoms with Crippen LogP contribution in [0.1, 0.15) is 16.7 Å². The molecule has 4 heteroatoms. The molecule has 0 saturated heterocycles. The van der Waals surface area contributed by atoms with E-state index in [9.17, 15) is 0 Å².